The van der Waals surface area contributed by atoms with E-state index in [2.05, 4.69) is 6.92 Å². The van der Waals surface area contributed by atoms with Crippen molar-refractivity contribution in [3.63, 3.8) is 0 Å². The number of hydrogen-bond acceptors (Lipinski definition) is 5. The summed E-state index contributed by atoms with van der Waals surface area (Å²) in [6.45, 7) is 3.12. The average Bonchev–Trinajstić information content (AvgIpc) is 3.18. The predicted octanol–water partition coefficient (Wildman–Crippen LogP) is 5.38. The number of rotatable bonds is 8. The minimum atomic E-state index is -0.531. The maximum atomic E-state index is 13.6. The first kappa shape index (κ1) is 22.7. The number of ether oxygens (including phenoxy) is 2. The van der Waals surface area contributed by atoms with E-state index in [9.17, 15) is 9.59 Å². The highest BCUT2D eigenvalue weighted by Crippen LogP contribution is 2.38. The van der Waals surface area contributed by atoms with Crippen LogP contribution in [0, 0.1) is 0 Å². The molecule has 6 nitrogen and oxygen atoms in total. The zero-order valence-electron chi connectivity index (χ0n) is 19.8. The largest absolute Gasteiger partial charge is 0.497 e. The molecule has 4 aromatic rings. The third kappa shape index (κ3) is 4.28. The first-order chi connectivity index (χ1) is 17.1. The standard InChI is InChI=1S/C29H27NO5/c1-3-18-34-22-14-10-20(11-15-22)26-25-27(31)23-6-4-5-7-24(23)35-28(25)29(32)30(26)17-16-19-8-12-21(33-2)13-9-19/h4-15,26H,3,16-18H2,1-2H3/t26-/m0/s1. The number of methoxy groups -OCH3 is 1. The van der Waals surface area contributed by atoms with E-state index in [0.717, 1.165) is 29.0 Å². The Labute approximate surface area is 203 Å². The third-order valence-corrected chi connectivity index (χ3v) is 6.34. The summed E-state index contributed by atoms with van der Waals surface area (Å²) in [6, 6.07) is 21.9. The molecule has 1 atom stereocenters. The summed E-state index contributed by atoms with van der Waals surface area (Å²) in [5, 5.41) is 0.476. The van der Waals surface area contributed by atoms with Gasteiger partial charge in [-0.05, 0) is 60.4 Å². The van der Waals surface area contributed by atoms with Crippen molar-refractivity contribution >= 4 is 16.9 Å². The van der Waals surface area contributed by atoms with E-state index in [1.54, 1.807) is 36.3 Å². The molecule has 1 aliphatic heterocycles. The summed E-state index contributed by atoms with van der Waals surface area (Å²) in [6.07, 6.45) is 1.55. The predicted molar refractivity (Wildman–Crippen MR) is 134 cm³/mol. The molecule has 5 rings (SSSR count). The number of carbonyl (C=O) groups is 1. The average molecular weight is 470 g/mol. The third-order valence-electron chi connectivity index (χ3n) is 6.34. The molecule has 3 aromatic carbocycles. The summed E-state index contributed by atoms with van der Waals surface area (Å²) >= 11 is 0. The topological polar surface area (TPSA) is 69.0 Å². The van der Waals surface area contributed by atoms with Crippen LogP contribution in [0.25, 0.3) is 11.0 Å². The zero-order valence-corrected chi connectivity index (χ0v) is 19.8. The summed E-state index contributed by atoms with van der Waals surface area (Å²) < 4.78 is 17.0. The fraction of sp³-hybridized carbons (Fsp3) is 0.241. The van der Waals surface area contributed by atoms with Crippen LogP contribution in [-0.2, 0) is 6.42 Å². The molecule has 0 radical (unpaired) electrons. The van der Waals surface area contributed by atoms with Crippen molar-refractivity contribution in [2.75, 3.05) is 20.3 Å². The van der Waals surface area contributed by atoms with Crippen LogP contribution in [0.1, 0.15) is 46.6 Å². The van der Waals surface area contributed by atoms with Crippen LogP contribution in [0.4, 0.5) is 0 Å². The van der Waals surface area contributed by atoms with Gasteiger partial charge in [0.05, 0.1) is 30.7 Å². The fourth-order valence-electron chi connectivity index (χ4n) is 4.55. The molecule has 0 spiro atoms. The van der Waals surface area contributed by atoms with E-state index < -0.39 is 6.04 Å². The minimum Gasteiger partial charge on any atom is -0.497 e. The molecule has 1 aromatic heterocycles. The number of benzene rings is 3. The lowest BCUT2D eigenvalue weighted by Gasteiger charge is -2.25. The van der Waals surface area contributed by atoms with Crippen molar-refractivity contribution in [2.45, 2.75) is 25.8 Å². The summed E-state index contributed by atoms with van der Waals surface area (Å²) in [5.41, 5.74) is 2.56. The van der Waals surface area contributed by atoms with Gasteiger partial charge in [0.15, 0.2) is 5.43 Å². The highest BCUT2D eigenvalue weighted by atomic mass is 16.5. The number of hydrogen-bond donors (Lipinski definition) is 0. The van der Waals surface area contributed by atoms with Crippen LogP contribution in [0.15, 0.2) is 82.0 Å². The van der Waals surface area contributed by atoms with Gasteiger partial charge in [-0.3, -0.25) is 9.59 Å². The van der Waals surface area contributed by atoms with Crippen molar-refractivity contribution < 1.29 is 18.7 Å². The van der Waals surface area contributed by atoms with Crippen molar-refractivity contribution in [3.8, 4) is 11.5 Å². The second-order valence-electron chi connectivity index (χ2n) is 8.59. The van der Waals surface area contributed by atoms with Crippen LogP contribution in [-0.4, -0.2) is 31.1 Å². The molecule has 35 heavy (non-hydrogen) atoms. The molecular weight excluding hydrogens is 442 g/mol. The Morgan fingerprint density at radius 3 is 2.34 bits per heavy atom. The maximum absolute atomic E-state index is 13.6. The van der Waals surface area contributed by atoms with Gasteiger partial charge in [-0.2, -0.15) is 0 Å². The smallest absolute Gasteiger partial charge is 0.290 e. The molecule has 0 unspecified atom stereocenters. The molecule has 6 heteroatoms. The van der Waals surface area contributed by atoms with Crippen molar-refractivity contribution in [2.24, 2.45) is 0 Å². The number of amides is 1. The number of para-hydroxylation sites is 1. The molecule has 1 amide bonds. The van der Waals surface area contributed by atoms with E-state index in [0.29, 0.717) is 36.1 Å². The van der Waals surface area contributed by atoms with Gasteiger partial charge in [-0.25, -0.2) is 0 Å². The highest BCUT2D eigenvalue weighted by molar-refractivity contribution is 5.99. The lowest BCUT2D eigenvalue weighted by atomic mass is 9.98. The van der Waals surface area contributed by atoms with Gasteiger partial charge in [0.2, 0.25) is 5.76 Å². The Hall–Kier alpha value is -4.06. The van der Waals surface area contributed by atoms with Gasteiger partial charge in [-0.15, -0.1) is 0 Å². The summed E-state index contributed by atoms with van der Waals surface area (Å²) in [7, 11) is 1.63. The molecule has 0 saturated heterocycles. The Kier molecular flexibility index (Phi) is 6.27. The van der Waals surface area contributed by atoms with Gasteiger partial charge in [0.25, 0.3) is 5.91 Å². The maximum Gasteiger partial charge on any atom is 0.290 e. The van der Waals surface area contributed by atoms with E-state index in [-0.39, 0.29) is 17.1 Å². The Morgan fingerprint density at radius 1 is 0.914 bits per heavy atom. The highest BCUT2D eigenvalue weighted by Gasteiger charge is 2.42. The summed E-state index contributed by atoms with van der Waals surface area (Å²) in [5.74, 6) is 1.39. The number of carbonyl (C=O) groups excluding carboxylic acids is 1. The molecule has 0 fully saturated rings. The lowest BCUT2D eigenvalue weighted by molar-refractivity contribution is 0.0730. The van der Waals surface area contributed by atoms with E-state index >= 15 is 0 Å². The number of nitrogens with zero attached hydrogens (tertiary/aromatic N) is 1. The van der Waals surface area contributed by atoms with Crippen molar-refractivity contribution in [3.05, 3.63) is 105 Å². The monoisotopic (exact) mass is 469 g/mol. The molecule has 178 valence electrons. The molecule has 0 saturated carbocycles. The fourth-order valence-corrected chi connectivity index (χ4v) is 4.55. The summed E-state index contributed by atoms with van der Waals surface area (Å²) in [4.78, 5) is 28.9. The minimum absolute atomic E-state index is 0.125. The van der Waals surface area contributed by atoms with Gasteiger partial charge < -0.3 is 18.8 Å². The van der Waals surface area contributed by atoms with Gasteiger partial charge in [-0.1, -0.05) is 43.3 Å². The Balaban J connectivity index is 1.54. The Morgan fingerprint density at radius 2 is 1.63 bits per heavy atom. The molecule has 2 heterocycles. The van der Waals surface area contributed by atoms with E-state index in [4.69, 9.17) is 13.9 Å². The second kappa shape index (κ2) is 9.66. The van der Waals surface area contributed by atoms with Crippen LogP contribution >= 0.6 is 0 Å². The van der Waals surface area contributed by atoms with E-state index in [1.807, 2.05) is 48.5 Å². The van der Waals surface area contributed by atoms with Gasteiger partial charge in [0.1, 0.15) is 17.1 Å². The van der Waals surface area contributed by atoms with Gasteiger partial charge >= 0.3 is 0 Å². The zero-order chi connectivity index (χ0) is 24.4. The second-order valence-corrected chi connectivity index (χ2v) is 8.59. The quantitative estimate of drug-likeness (QED) is 0.347. The molecule has 0 bridgehead atoms. The Bertz CT molecular complexity index is 1410. The molecule has 0 N–H and O–H groups in total. The lowest BCUT2D eigenvalue weighted by Crippen LogP contribution is -2.31. The van der Waals surface area contributed by atoms with Crippen molar-refractivity contribution in [1.29, 1.82) is 0 Å². The first-order valence-corrected chi connectivity index (χ1v) is 11.8. The van der Waals surface area contributed by atoms with Crippen molar-refractivity contribution in [1.82, 2.24) is 4.90 Å². The van der Waals surface area contributed by atoms with Crippen LogP contribution < -0.4 is 14.9 Å². The van der Waals surface area contributed by atoms with Crippen LogP contribution in [0.3, 0.4) is 0 Å². The SMILES string of the molecule is CCCOc1ccc([C@H]2c3c(oc4ccccc4c3=O)C(=O)N2CCc2ccc(OC)cc2)cc1. The van der Waals surface area contributed by atoms with Crippen LogP contribution in [0.5, 0.6) is 11.5 Å². The first-order valence-electron chi connectivity index (χ1n) is 11.8. The van der Waals surface area contributed by atoms with Crippen LogP contribution in [0.2, 0.25) is 0 Å². The normalized spacial score (nSPS) is 14.9. The molecular formula is C29H27NO5. The molecule has 0 aliphatic carbocycles. The molecule has 1 aliphatic rings. The van der Waals surface area contributed by atoms with E-state index in [1.165, 1.54) is 0 Å². The van der Waals surface area contributed by atoms with Gasteiger partial charge in [0, 0.05) is 6.54 Å². The number of fused-ring (bicyclic) bond motifs is 2.